The summed E-state index contributed by atoms with van der Waals surface area (Å²) in [6.07, 6.45) is 1.62. The Morgan fingerprint density at radius 1 is 0.935 bits per heavy atom. The summed E-state index contributed by atoms with van der Waals surface area (Å²) < 4.78 is 11.1. The van der Waals surface area contributed by atoms with Crippen molar-refractivity contribution in [1.82, 2.24) is 15.4 Å². The van der Waals surface area contributed by atoms with Gasteiger partial charge in [-0.25, -0.2) is 9.97 Å². The van der Waals surface area contributed by atoms with Crippen molar-refractivity contribution in [2.45, 2.75) is 44.4 Å². The number of rotatable bonds is 3. The van der Waals surface area contributed by atoms with E-state index in [2.05, 4.69) is 31.6 Å². The van der Waals surface area contributed by atoms with Crippen molar-refractivity contribution in [2.75, 3.05) is 12.2 Å². The van der Waals surface area contributed by atoms with Crippen LogP contribution in [0.15, 0.2) is 42.5 Å². The summed E-state index contributed by atoms with van der Waals surface area (Å²) in [7, 11) is 0. The highest BCUT2D eigenvalue weighted by Crippen LogP contribution is 2.70. The van der Waals surface area contributed by atoms with Crippen LogP contribution in [0.1, 0.15) is 45.0 Å². The second-order valence-electron chi connectivity index (χ2n) is 9.42. The molecule has 2 N–H and O–H groups in total. The van der Waals surface area contributed by atoms with E-state index in [-0.39, 0.29) is 23.5 Å². The molecule has 6 rings (SSSR count). The molecule has 2 atom stereocenters. The van der Waals surface area contributed by atoms with Gasteiger partial charge in [0.2, 0.25) is 6.79 Å². The van der Waals surface area contributed by atoms with Crippen LogP contribution in [0, 0.1) is 5.41 Å². The monoisotopic (exact) mass is 416 g/mol. The first-order valence-corrected chi connectivity index (χ1v) is 10.6. The molecule has 1 aliphatic heterocycles. The molecule has 0 spiro atoms. The van der Waals surface area contributed by atoms with Crippen LogP contribution in [0.2, 0.25) is 0 Å². The molecule has 0 radical (unpaired) electrons. The number of nitrogens with zero attached hydrogens (tertiary/aromatic N) is 2. The van der Waals surface area contributed by atoms with Crippen molar-refractivity contribution < 1.29 is 14.3 Å². The summed E-state index contributed by atoms with van der Waals surface area (Å²) in [5.74, 6) is 1.28. The number of carbonyl (C=O) groups excluding carboxylic acids is 1. The number of anilines is 1. The van der Waals surface area contributed by atoms with Crippen LogP contribution in [-0.4, -0.2) is 22.7 Å². The van der Waals surface area contributed by atoms with Crippen LogP contribution < -0.4 is 20.3 Å². The molecular formula is C24H24N4O3. The Bertz CT molecular complexity index is 1240. The fourth-order valence-electron chi connectivity index (χ4n) is 5.75. The van der Waals surface area contributed by atoms with E-state index < -0.39 is 5.41 Å². The highest BCUT2D eigenvalue weighted by Gasteiger charge is 2.73. The summed E-state index contributed by atoms with van der Waals surface area (Å²) >= 11 is 0. The maximum absolute atomic E-state index is 13.8. The van der Waals surface area contributed by atoms with E-state index in [0.29, 0.717) is 11.5 Å². The zero-order valence-corrected chi connectivity index (χ0v) is 17.8. The molecule has 1 aromatic heterocycles. The highest BCUT2D eigenvalue weighted by molar-refractivity contribution is 5.93. The number of nitrogens with one attached hydrogen (secondary N) is 2. The molecule has 31 heavy (non-hydrogen) atoms. The molecule has 3 aliphatic rings. The molecule has 2 bridgehead atoms. The van der Waals surface area contributed by atoms with E-state index in [1.54, 1.807) is 0 Å². The molecule has 7 heteroatoms. The molecule has 3 aromatic rings. The fraction of sp³-hybridized carbons (Fsp3) is 0.375. The Labute approximate surface area is 180 Å². The van der Waals surface area contributed by atoms with Gasteiger partial charge in [0, 0.05) is 17.5 Å². The fourth-order valence-corrected chi connectivity index (χ4v) is 5.75. The van der Waals surface area contributed by atoms with Crippen molar-refractivity contribution >= 4 is 22.6 Å². The summed E-state index contributed by atoms with van der Waals surface area (Å²) in [5.41, 5.74) is 8.69. The molecule has 1 fully saturated rings. The lowest BCUT2D eigenvalue weighted by Crippen LogP contribution is -2.52. The minimum Gasteiger partial charge on any atom is -0.454 e. The van der Waals surface area contributed by atoms with Crippen LogP contribution in [-0.2, 0) is 15.6 Å². The minimum absolute atomic E-state index is 0.0711. The summed E-state index contributed by atoms with van der Waals surface area (Å²) in [4.78, 5) is 23.8. The van der Waals surface area contributed by atoms with Crippen LogP contribution in [0.25, 0.3) is 11.0 Å². The van der Waals surface area contributed by atoms with Gasteiger partial charge >= 0.3 is 0 Å². The van der Waals surface area contributed by atoms with Crippen LogP contribution in [0.5, 0.6) is 11.5 Å². The zero-order valence-electron chi connectivity index (χ0n) is 17.8. The summed E-state index contributed by atoms with van der Waals surface area (Å²) in [5, 5.41) is 0. The lowest BCUT2D eigenvalue weighted by Gasteiger charge is -2.39. The molecular weight excluding hydrogens is 392 g/mol. The minimum atomic E-state index is -0.767. The zero-order chi connectivity index (χ0) is 21.4. The number of ether oxygens (including phenoxy) is 2. The maximum Gasteiger partial charge on any atom is 0.251 e. The first-order valence-electron chi connectivity index (χ1n) is 10.6. The van der Waals surface area contributed by atoms with E-state index in [4.69, 9.17) is 19.4 Å². The van der Waals surface area contributed by atoms with Gasteiger partial charge in [0.25, 0.3) is 5.91 Å². The molecule has 7 nitrogen and oxygen atoms in total. The molecule has 1 saturated carbocycles. The number of benzene rings is 2. The second kappa shape index (κ2) is 5.87. The molecule has 1 amide bonds. The van der Waals surface area contributed by atoms with Gasteiger partial charge < -0.3 is 9.47 Å². The van der Waals surface area contributed by atoms with Crippen molar-refractivity contribution in [3.63, 3.8) is 0 Å². The Morgan fingerprint density at radius 3 is 2.26 bits per heavy atom. The number of para-hydroxylation sites is 1. The molecule has 2 heterocycles. The van der Waals surface area contributed by atoms with Gasteiger partial charge in [0.1, 0.15) is 5.41 Å². The highest BCUT2D eigenvalue weighted by atomic mass is 16.7. The number of aromatic nitrogens is 2. The van der Waals surface area contributed by atoms with Crippen molar-refractivity contribution in [1.29, 1.82) is 0 Å². The number of fused-ring (bicyclic) bond motifs is 7. The molecule has 2 unspecified atom stereocenters. The number of amides is 1. The van der Waals surface area contributed by atoms with E-state index in [1.165, 1.54) is 0 Å². The Hall–Kier alpha value is -3.35. The topological polar surface area (TPSA) is 85.4 Å². The smallest absolute Gasteiger partial charge is 0.251 e. The largest absolute Gasteiger partial charge is 0.454 e. The number of carbonyl (C=O) groups is 1. The van der Waals surface area contributed by atoms with Gasteiger partial charge in [0.05, 0.1) is 28.1 Å². The first kappa shape index (κ1) is 18.4. The van der Waals surface area contributed by atoms with Gasteiger partial charge in [-0.1, -0.05) is 39.0 Å². The Balaban J connectivity index is 1.48. The average Bonchev–Trinajstić information content (AvgIpc) is 3.34. The van der Waals surface area contributed by atoms with Crippen LogP contribution in [0.3, 0.4) is 0 Å². The molecule has 0 saturated heterocycles. The van der Waals surface area contributed by atoms with Gasteiger partial charge in [-0.3, -0.25) is 15.6 Å². The van der Waals surface area contributed by atoms with Crippen LogP contribution >= 0.6 is 0 Å². The van der Waals surface area contributed by atoms with Gasteiger partial charge in [-0.2, -0.15) is 0 Å². The van der Waals surface area contributed by atoms with E-state index in [1.807, 2.05) is 42.5 Å². The molecule has 158 valence electrons. The number of hydrogen-bond acceptors (Lipinski definition) is 6. The van der Waals surface area contributed by atoms with Gasteiger partial charge in [-0.15, -0.1) is 0 Å². The SMILES string of the molecule is CC12CCC(C(=O)NNc3ccccc3)(c3nc4cc5c(cc4nc31)OCO5)C2(C)C. The van der Waals surface area contributed by atoms with Gasteiger partial charge in [0.15, 0.2) is 11.5 Å². The second-order valence-corrected chi connectivity index (χ2v) is 9.42. The number of hydrogen-bond donors (Lipinski definition) is 2. The molecule has 2 aliphatic carbocycles. The van der Waals surface area contributed by atoms with Crippen molar-refractivity contribution in [3.8, 4) is 11.5 Å². The van der Waals surface area contributed by atoms with Crippen molar-refractivity contribution in [2.24, 2.45) is 5.41 Å². The third-order valence-electron chi connectivity index (χ3n) is 8.01. The average molecular weight is 416 g/mol. The quantitative estimate of drug-likeness (QED) is 0.631. The predicted molar refractivity (Wildman–Crippen MR) is 116 cm³/mol. The lowest BCUT2D eigenvalue weighted by molar-refractivity contribution is -0.129. The third kappa shape index (κ3) is 2.16. The third-order valence-corrected chi connectivity index (χ3v) is 8.01. The lowest BCUT2D eigenvalue weighted by atomic mass is 9.63. The predicted octanol–water partition coefficient (Wildman–Crippen LogP) is 3.83. The summed E-state index contributed by atoms with van der Waals surface area (Å²) in [6.45, 7) is 6.75. The van der Waals surface area contributed by atoms with E-state index >= 15 is 0 Å². The normalized spacial score (nSPS) is 26.7. The first-order chi connectivity index (χ1) is 14.9. The van der Waals surface area contributed by atoms with Crippen molar-refractivity contribution in [3.05, 3.63) is 53.9 Å². The summed E-state index contributed by atoms with van der Waals surface area (Å²) in [6, 6.07) is 13.4. The number of hydrazine groups is 1. The maximum atomic E-state index is 13.8. The van der Waals surface area contributed by atoms with E-state index in [0.717, 1.165) is 41.0 Å². The molecule has 2 aromatic carbocycles. The van der Waals surface area contributed by atoms with E-state index in [9.17, 15) is 4.79 Å². The Kier molecular flexibility index (Phi) is 3.49. The standard InChI is InChI=1S/C24H24N4O3/c1-22(2)23(3)9-10-24(22,21(29)28-27-14-7-5-4-6-8-14)20-19(23)25-15-11-17-18(31-13-30-17)12-16(15)26-20/h4-8,11-12,27H,9-10,13H2,1-3H3,(H,28,29). The van der Waals surface area contributed by atoms with Gasteiger partial charge in [-0.05, 0) is 30.4 Å². The Morgan fingerprint density at radius 2 is 1.58 bits per heavy atom. The van der Waals surface area contributed by atoms with Crippen LogP contribution in [0.4, 0.5) is 5.69 Å².